The van der Waals surface area contributed by atoms with Gasteiger partial charge in [-0.1, -0.05) is 17.9 Å². The van der Waals surface area contributed by atoms with Gasteiger partial charge in [-0.05, 0) is 51.1 Å². The molecule has 0 aliphatic rings. The molecule has 1 heterocycles. The number of halogens is 1. The average molecular weight is 310 g/mol. The second-order valence-electron chi connectivity index (χ2n) is 6.19. The van der Waals surface area contributed by atoms with E-state index in [1.807, 2.05) is 20.8 Å². The Hall–Kier alpha value is -2.67. The first kappa shape index (κ1) is 16.7. The molecule has 4 heteroatoms. The van der Waals surface area contributed by atoms with E-state index in [4.69, 9.17) is 0 Å². The molecule has 0 aliphatic heterocycles. The van der Waals surface area contributed by atoms with Crippen molar-refractivity contribution in [1.82, 2.24) is 9.88 Å². The Kier molecular flexibility index (Phi) is 4.80. The number of aromatic nitrogens is 1. The number of hydrogen-bond acceptors (Lipinski definition) is 2. The summed E-state index contributed by atoms with van der Waals surface area (Å²) in [6.07, 6.45) is 1.57. The van der Waals surface area contributed by atoms with Gasteiger partial charge in [-0.3, -0.25) is 4.79 Å². The van der Waals surface area contributed by atoms with Crippen molar-refractivity contribution in [2.24, 2.45) is 0 Å². The Morgan fingerprint density at radius 1 is 1.17 bits per heavy atom. The number of nitrogens with zero attached hydrogens (tertiary/aromatic N) is 2. The SMILES string of the molecule is CN(C(=O)c1ncccc1C#Cc1cccc(F)c1)C(C)(C)C. The first-order valence-electron chi connectivity index (χ1n) is 7.30. The third-order valence-electron chi connectivity index (χ3n) is 3.49. The molecule has 2 aromatic rings. The van der Waals surface area contributed by atoms with Crippen molar-refractivity contribution in [2.45, 2.75) is 26.3 Å². The van der Waals surface area contributed by atoms with E-state index in [2.05, 4.69) is 16.8 Å². The molecule has 0 saturated heterocycles. The quantitative estimate of drug-likeness (QED) is 0.755. The molecule has 1 amide bonds. The van der Waals surface area contributed by atoms with Crippen molar-refractivity contribution in [3.05, 3.63) is 65.2 Å². The van der Waals surface area contributed by atoms with Crippen molar-refractivity contribution >= 4 is 5.91 Å². The lowest BCUT2D eigenvalue weighted by atomic mass is 10.1. The molecule has 0 atom stereocenters. The summed E-state index contributed by atoms with van der Waals surface area (Å²) in [5, 5.41) is 0. The maximum Gasteiger partial charge on any atom is 0.273 e. The van der Waals surface area contributed by atoms with Crippen LogP contribution in [0.4, 0.5) is 4.39 Å². The normalized spacial score (nSPS) is 10.7. The minimum atomic E-state index is -0.341. The van der Waals surface area contributed by atoms with Gasteiger partial charge in [0.15, 0.2) is 0 Å². The predicted octanol–water partition coefficient (Wildman–Crippen LogP) is 3.49. The summed E-state index contributed by atoms with van der Waals surface area (Å²) in [7, 11) is 1.74. The third kappa shape index (κ3) is 4.17. The van der Waals surface area contributed by atoms with Gasteiger partial charge in [0.25, 0.3) is 5.91 Å². The summed E-state index contributed by atoms with van der Waals surface area (Å²) in [6, 6.07) is 9.50. The zero-order chi connectivity index (χ0) is 17.0. The fourth-order valence-electron chi connectivity index (χ4n) is 1.85. The van der Waals surface area contributed by atoms with E-state index in [1.54, 1.807) is 42.4 Å². The molecule has 118 valence electrons. The molecule has 1 aromatic carbocycles. The number of carbonyl (C=O) groups is 1. The van der Waals surface area contributed by atoms with Crippen molar-refractivity contribution in [3.63, 3.8) is 0 Å². The maximum atomic E-state index is 13.2. The molecule has 0 unspecified atom stereocenters. The van der Waals surface area contributed by atoms with E-state index < -0.39 is 0 Å². The summed E-state index contributed by atoms with van der Waals surface area (Å²) in [5.74, 6) is 5.26. The smallest absolute Gasteiger partial charge is 0.273 e. The van der Waals surface area contributed by atoms with Crippen molar-refractivity contribution < 1.29 is 9.18 Å². The number of benzene rings is 1. The van der Waals surface area contributed by atoms with Crippen LogP contribution in [0.2, 0.25) is 0 Å². The molecule has 0 bridgehead atoms. The highest BCUT2D eigenvalue weighted by Crippen LogP contribution is 2.16. The van der Waals surface area contributed by atoms with Crippen LogP contribution in [0, 0.1) is 17.7 Å². The number of carbonyl (C=O) groups excluding carboxylic acids is 1. The number of amides is 1. The Morgan fingerprint density at radius 2 is 1.91 bits per heavy atom. The van der Waals surface area contributed by atoms with Gasteiger partial charge >= 0.3 is 0 Å². The first-order chi connectivity index (χ1) is 10.8. The molecule has 1 aromatic heterocycles. The number of rotatable bonds is 1. The lowest BCUT2D eigenvalue weighted by Crippen LogP contribution is -2.43. The van der Waals surface area contributed by atoms with Crippen LogP contribution in [0.1, 0.15) is 42.4 Å². The molecule has 0 aliphatic carbocycles. The molecule has 23 heavy (non-hydrogen) atoms. The fraction of sp³-hybridized carbons (Fsp3) is 0.263. The largest absolute Gasteiger partial charge is 0.335 e. The Morgan fingerprint density at radius 3 is 2.57 bits per heavy atom. The zero-order valence-electron chi connectivity index (χ0n) is 13.7. The molecule has 2 rings (SSSR count). The minimum Gasteiger partial charge on any atom is -0.335 e. The molecule has 0 fully saturated rings. The lowest BCUT2D eigenvalue weighted by Gasteiger charge is -2.31. The highest BCUT2D eigenvalue weighted by Gasteiger charge is 2.25. The van der Waals surface area contributed by atoms with E-state index in [-0.39, 0.29) is 17.3 Å². The van der Waals surface area contributed by atoms with E-state index in [0.29, 0.717) is 16.8 Å². The van der Waals surface area contributed by atoms with Crippen LogP contribution >= 0.6 is 0 Å². The second kappa shape index (κ2) is 6.62. The monoisotopic (exact) mass is 310 g/mol. The van der Waals surface area contributed by atoms with Gasteiger partial charge in [0.2, 0.25) is 0 Å². The number of hydrogen-bond donors (Lipinski definition) is 0. The van der Waals surface area contributed by atoms with Gasteiger partial charge in [-0.25, -0.2) is 9.37 Å². The maximum absolute atomic E-state index is 13.2. The summed E-state index contributed by atoms with van der Waals surface area (Å²) in [6.45, 7) is 5.85. The average Bonchev–Trinajstić information content (AvgIpc) is 2.51. The van der Waals surface area contributed by atoms with Crippen molar-refractivity contribution in [2.75, 3.05) is 7.05 Å². The minimum absolute atomic E-state index is 0.193. The van der Waals surface area contributed by atoms with Crippen LogP contribution in [0.25, 0.3) is 0 Å². The van der Waals surface area contributed by atoms with Gasteiger partial charge in [0, 0.05) is 24.3 Å². The zero-order valence-corrected chi connectivity index (χ0v) is 13.7. The van der Waals surface area contributed by atoms with Crippen LogP contribution in [0.5, 0.6) is 0 Å². The molecule has 0 N–H and O–H groups in total. The van der Waals surface area contributed by atoms with Crippen LogP contribution in [-0.4, -0.2) is 28.4 Å². The Bertz CT molecular complexity index is 782. The van der Waals surface area contributed by atoms with Gasteiger partial charge in [0.05, 0.1) is 5.56 Å². The second-order valence-corrected chi connectivity index (χ2v) is 6.19. The molecule has 0 spiro atoms. The highest BCUT2D eigenvalue weighted by atomic mass is 19.1. The van der Waals surface area contributed by atoms with Crippen molar-refractivity contribution in [1.29, 1.82) is 0 Å². The Labute approximate surface area is 136 Å². The topological polar surface area (TPSA) is 33.2 Å². The van der Waals surface area contributed by atoms with Crippen molar-refractivity contribution in [3.8, 4) is 11.8 Å². The first-order valence-corrected chi connectivity index (χ1v) is 7.30. The lowest BCUT2D eigenvalue weighted by molar-refractivity contribution is 0.0649. The van der Waals surface area contributed by atoms with Crippen LogP contribution in [0.15, 0.2) is 42.6 Å². The summed E-state index contributed by atoms with van der Waals surface area (Å²) in [4.78, 5) is 18.4. The Balaban J connectivity index is 2.38. The van der Waals surface area contributed by atoms with E-state index in [1.165, 1.54) is 12.1 Å². The molecule has 3 nitrogen and oxygen atoms in total. The van der Waals surface area contributed by atoms with Gasteiger partial charge in [0.1, 0.15) is 11.5 Å². The van der Waals surface area contributed by atoms with E-state index in [0.717, 1.165) is 0 Å². The summed E-state index contributed by atoms with van der Waals surface area (Å²) < 4.78 is 13.2. The number of pyridine rings is 1. The highest BCUT2D eigenvalue weighted by molar-refractivity contribution is 5.95. The molecular weight excluding hydrogens is 291 g/mol. The molecule has 0 radical (unpaired) electrons. The van der Waals surface area contributed by atoms with E-state index in [9.17, 15) is 9.18 Å². The van der Waals surface area contributed by atoms with Gasteiger partial charge < -0.3 is 4.90 Å². The third-order valence-corrected chi connectivity index (χ3v) is 3.49. The van der Waals surface area contributed by atoms with E-state index >= 15 is 0 Å². The van der Waals surface area contributed by atoms with Crippen LogP contribution in [0.3, 0.4) is 0 Å². The standard InChI is InChI=1S/C19H19FN2O/c1-19(2,3)22(4)18(23)17-15(8-6-12-21-17)11-10-14-7-5-9-16(20)13-14/h5-9,12-13H,1-4H3. The summed E-state index contributed by atoms with van der Waals surface area (Å²) >= 11 is 0. The molecule has 0 saturated carbocycles. The predicted molar refractivity (Wildman–Crippen MR) is 88.5 cm³/mol. The van der Waals surface area contributed by atoms with Gasteiger partial charge in [-0.15, -0.1) is 0 Å². The van der Waals surface area contributed by atoms with Crippen LogP contribution < -0.4 is 0 Å². The van der Waals surface area contributed by atoms with Crippen LogP contribution in [-0.2, 0) is 0 Å². The van der Waals surface area contributed by atoms with Gasteiger partial charge in [-0.2, -0.15) is 0 Å². The molecular formula is C19H19FN2O. The summed E-state index contributed by atoms with van der Waals surface area (Å²) in [5.41, 5.74) is 1.06. The fourth-order valence-corrected chi connectivity index (χ4v) is 1.85.